The van der Waals surface area contributed by atoms with Gasteiger partial charge in [-0.2, -0.15) is 5.10 Å². The lowest BCUT2D eigenvalue weighted by molar-refractivity contribution is -0.274. The average Bonchev–Trinajstić information content (AvgIpc) is 3.14. The van der Waals surface area contributed by atoms with E-state index in [0.29, 0.717) is 10.5 Å². The van der Waals surface area contributed by atoms with Crippen LogP contribution in [0.25, 0.3) is 16.4 Å². The summed E-state index contributed by atoms with van der Waals surface area (Å²) >= 11 is 5.47. The van der Waals surface area contributed by atoms with Crippen molar-refractivity contribution in [1.29, 1.82) is 0 Å². The molecule has 0 saturated carbocycles. The van der Waals surface area contributed by atoms with Crippen LogP contribution in [0.15, 0.2) is 54.6 Å². The summed E-state index contributed by atoms with van der Waals surface area (Å²) < 4.78 is 45.6. The fourth-order valence-electron chi connectivity index (χ4n) is 3.22. The second-order valence-corrected chi connectivity index (χ2v) is 6.88. The highest BCUT2D eigenvalue weighted by atomic mass is 32.1. The van der Waals surface area contributed by atoms with Crippen molar-refractivity contribution in [2.45, 2.75) is 12.9 Å². The molecule has 4 rings (SSSR count). The highest BCUT2D eigenvalue weighted by Crippen LogP contribution is 2.26. The van der Waals surface area contributed by atoms with Crippen LogP contribution in [-0.4, -0.2) is 26.5 Å². The number of carbonyl (C=O) groups excluding carboxylic acids is 1. The molecule has 10 heteroatoms. The van der Waals surface area contributed by atoms with Gasteiger partial charge in [0.05, 0.1) is 28.8 Å². The predicted molar refractivity (Wildman–Crippen MR) is 107 cm³/mol. The van der Waals surface area contributed by atoms with Crippen LogP contribution in [0.5, 0.6) is 5.75 Å². The van der Waals surface area contributed by atoms with E-state index < -0.39 is 18.0 Å². The number of halogens is 3. The maximum atomic E-state index is 12.6. The molecule has 2 aromatic carbocycles. The van der Waals surface area contributed by atoms with Gasteiger partial charge in [-0.15, -0.1) is 13.2 Å². The number of nitrogens with one attached hydrogen (secondary N) is 1. The largest absolute Gasteiger partial charge is 0.573 e. The van der Waals surface area contributed by atoms with Gasteiger partial charge in [-0.25, -0.2) is 4.52 Å². The summed E-state index contributed by atoms with van der Waals surface area (Å²) in [6.07, 6.45) is -4.89. The topological polar surface area (TPSA) is 60.6 Å². The number of hydrogen-bond acceptors (Lipinski definition) is 4. The van der Waals surface area contributed by atoms with Crippen LogP contribution in [0, 0.1) is 4.77 Å². The van der Waals surface area contributed by atoms with E-state index in [1.165, 1.54) is 18.2 Å². The summed E-state index contributed by atoms with van der Waals surface area (Å²) in [5, 5.41) is 7.95. The van der Waals surface area contributed by atoms with E-state index in [-0.39, 0.29) is 12.1 Å². The Hall–Kier alpha value is -3.40. The highest BCUT2D eigenvalue weighted by molar-refractivity contribution is 7.71. The van der Waals surface area contributed by atoms with Crippen molar-refractivity contribution in [2.24, 2.45) is 7.05 Å². The minimum Gasteiger partial charge on any atom is -0.405 e. The minimum atomic E-state index is -4.89. The Kier molecular flexibility index (Phi) is 4.94. The number of fused-ring (bicyclic) bond motifs is 3. The fraction of sp³-hybridized carbons (Fsp3) is 0.150. The number of nitrogens with zero attached hydrogens (tertiary/aromatic N) is 3. The zero-order valence-corrected chi connectivity index (χ0v) is 16.4. The molecule has 154 valence electrons. The van der Waals surface area contributed by atoms with E-state index in [1.54, 1.807) is 10.6 Å². The number of amides is 1. The van der Waals surface area contributed by atoms with Crippen LogP contribution >= 0.6 is 12.2 Å². The molecule has 0 fully saturated rings. The first-order valence-corrected chi connectivity index (χ1v) is 9.25. The van der Waals surface area contributed by atoms with E-state index >= 15 is 0 Å². The van der Waals surface area contributed by atoms with Gasteiger partial charge in [-0.1, -0.05) is 30.3 Å². The first-order valence-electron chi connectivity index (χ1n) is 8.84. The van der Waals surface area contributed by atoms with Gasteiger partial charge in [0.1, 0.15) is 5.75 Å². The lowest BCUT2D eigenvalue weighted by Crippen LogP contribution is -2.25. The van der Waals surface area contributed by atoms with Crippen molar-refractivity contribution in [2.75, 3.05) is 0 Å². The van der Waals surface area contributed by atoms with Gasteiger partial charge in [-0.3, -0.25) is 4.79 Å². The van der Waals surface area contributed by atoms with Crippen LogP contribution in [0.3, 0.4) is 0 Å². The standard InChI is InChI=1S/C20H15F3N4O2S/c1-26-15-8-4-2-6-13(15)16-10-12(25-27(16)19(26)30)11-24-18(28)14-7-3-5-9-17(14)29-20(21,22)23/h2-10H,11H2,1H3,(H,24,28). The highest BCUT2D eigenvalue weighted by Gasteiger charge is 2.32. The third-order valence-corrected chi connectivity index (χ3v) is 5.00. The fourth-order valence-corrected chi connectivity index (χ4v) is 3.45. The SMILES string of the molecule is Cn1c(=S)n2nc(CNC(=O)c3ccccc3OC(F)(F)F)cc2c2ccccc21. The lowest BCUT2D eigenvalue weighted by atomic mass is 10.2. The van der Waals surface area contributed by atoms with Crippen LogP contribution in [0.1, 0.15) is 16.1 Å². The van der Waals surface area contributed by atoms with E-state index in [9.17, 15) is 18.0 Å². The molecule has 2 heterocycles. The molecule has 1 amide bonds. The maximum Gasteiger partial charge on any atom is 0.573 e. The molecule has 0 bridgehead atoms. The molecule has 6 nitrogen and oxygen atoms in total. The minimum absolute atomic E-state index is 0.00762. The summed E-state index contributed by atoms with van der Waals surface area (Å²) in [7, 11) is 1.84. The Morgan fingerprint density at radius 3 is 2.60 bits per heavy atom. The maximum absolute atomic E-state index is 12.6. The molecule has 4 aromatic rings. The Labute approximate surface area is 173 Å². The van der Waals surface area contributed by atoms with Crippen molar-refractivity contribution in [3.63, 3.8) is 0 Å². The van der Waals surface area contributed by atoms with Crippen LogP contribution in [0.2, 0.25) is 0 Å². The first kappa shape index (κ1) is 19.9. The van der Waals surface area contributed by atoms with Crippen molar-refractivity contribution < 1.29 is 22.7 Å². The molecule has 1 N–H and O–H groups in total. The summed E-state index contributed by atoms with van der Waals surface area (Å²) in [6, 6.07) is 14.6. The smallest absolute Gasteiger partial charge is 0.405 e. The number of rotatable bonds is 4. The van der Waals surface area contributed by atoms with E-state index in [2.05, 4.69) is 15.2 Å². The summed E-state index contributed by atoms with van der Waals surface area (Å²) in [5.74, 6) is -1.27. The van der Waals surface area contributed by atoms with Gasteiger partial charge in [0.25, 0.3) is 5.91 Å². The lowest BCUT2D eigenvalue weighted by Gasteiger charge is -2.12. The van der Waals surface area contributed by atoms with Gasteiger partial charge in [-0.05, 0) is 36.5 Å². The molecular formula is C20H15F3N4O2S. The van der Waals surface area contributed by atoms with Gasteiger partial charge in [0.2, 0.25) is 4.77 Å². The molecule has 0 saturated heterocycles. The number of para-hydroxylation sites is 2. The van der Waals surface area contributed by atoms with Crippen LogP contribution in [0.4, 0.5) is 13.2 Å². The van der Waals surface area contributed by atoms with Crippen molar-refractivity contribution in [3.8, 4) is 5.75 Å². The monoisotopic (exact) mass is 432 g/mol. The molecule has 0 aliphatic carbocycles. The Balaban J connectivity index is 1.62. The van der Waals surface area contributed by atoms with Crippen molar-refractivity contribution in [3.05, 3.63) is 70.6 Å². The molecule has 0 unspecified atom stereocenters. The van der Waals surface area contributed by atoms with Gasteiger partial charge in [0, 0.05) is 12.4 Å². The number of carbonyl (C=O) groups is 1. The molecule has 2 aromatic heterocycles. The molecule has 0 radical (unpaired) electrons. The van der Waals surface area contributed by atoms with Gasteiger partial charge >= 0.3 is 6.36 Å². The predicted octanol–water partition coefficient (Wildman–Crippen LogP) is 4.38. The Morgan fingerprint density at radius 1 is 1.13 bits per heavy atom. The van der Waals surface area contributed by atoms with Crippen molar-refractivity contribution >= 4 is 34.5 Å². The Morgan fingerprint density at radius 2 is 1.83 bits per heavy atom. The summed E-state index contributed by atoms with van der Waals surface area (Å²) in [6.45, 7) is 0.00762. The molecule has 0 spiro atoms. The molecule has 0 aliphatic heterocycles. The molecule has 0 atom stereocenters. The number of benzene rings is 2. The molecule has 30 heavy (non-hydrogen) atoms. The summed E-state index contributed by atoms with van der Waals surface area (Å²) in [4.78, 5) is 12.5. The normalized spacial score (nSPS) is 11.7. The molecule has 0 aliphatic rings. The van der Waals surface area contributed by atoms with E-state index in [1.807, 2.05) is 35.9 Å². The number of ether oxygens (including phenoxy) is 1. The second-order valence-electron chi connectivity index (χ2n) is 6.52. The van der Waals surface area contributed by atoms with Crippen LogP contribution < -0.4 is 10.1 Å². The number of alkyl halides is 3. The van der Waals surface area contributed by atoms with Gasteiger partial charge < -0.3 is 14.6 Å². The summed E-state index contributed by atoms with van der Waals surface area (Å²) in [5.41, 5.74) is 2.00. The third-order valence-electron chi connectivity index (χ3n) is 4.56. The average molecular weight is 432 g/mol. The van der Waals surface area contributed by atoms with Gasteiger partial charge in [0.15, 0.2) is 0 Å². The second kappa shape index (κ2) is 7.45. The quantitative estimate of drug-likeness (QED) is 0.486. The van der Waals surface area contributed by atoms with Crippen LogP contribution in [-0.2, 0) is 13.6 Å². The van der Waals surface area contributed by atoms with Crippen molar-refractivity contribution in [1.82, 2.24) is 19.5 Å². The molecular weight excluding hydrogens is 417 g/mol. The first-order chi connectivity index (χ1) is 14.2. The number of aryl methyl sites for hydroxylation is 1. The number of aromatic nitrogens is 3. The van der Waals surface area contributed by atoms with E-state index in [4.69, 9.17) is 12.2 Å². The van der Waals surface area contributed by atoms with E-state index in [0.717, 1.165) is 22.5 Å². The zero-order chi connectivity index (χ0) is 21.5. The Bertz CT molecular complexity index is 1330. The zero-order valence-electron chi connectivity index (χ0n) is 15.6. The third kappa shape index (κ3) is 3.73. The number of hydrogen-bond donors (Lipinski definition) is 1.